The van der Waals surface area contributed by atoms with Crippen molar-refractivity contribution in [2.75, 3.05) is 0 Å². The van der Waals surface area contributed by atoms with Crippen LogP contribution in [0.2, 0.25) is 0 Å². The van der Waals surface area contributed by atoms with Crippen LogP contribution >= 0.6 is 0 Å². The summed E-state index contributed by atoms with van der Waals surface area (Å²) in [5.74, 6) is -0.505. The van der Waals surface area contributed by atoms with Gasteiger partial charge >= 0.3 is 0 Å². The van der Waals surface area contributed by atoms with Crippen molar-refractivity contribution < 1.29 is 13.9 Å². The number of benzene rings is 1. The van der Waals surface area contributed by atoms with Gasteiger partial charge < -0.3 is 5.11 Å². The van der Waals surface area contributed by atoms with Gasteiger partial charge in [-0.25, -0.2) is 18.4 Å². The standard InChI is InChI=1S/C10H9F2N3O/c11-9(12)10-13-6-15(14-10)8-3-1-2-7(4-8)5-16/h1-4,6,9,16H,5H2. The quantitative estimate of drug-likeness (QED) is 0.864. The molecule has 0 unspecified atom stereocenters. The van der Waals surface area contributed by atoms with Crippen LogP contribution in [0, 0.1) is 0 Å². The van der Waals surface area contributed by atoms with Crippen molar-refractivity contribution in [1.82, 2.24) is 14.8 Å². The molecule has 0 spiro atoms. The fourth-order valence-corrected chi connectivity index (χ4v) is 1.30. The lowest BCUT2D eigenvalue weighted by Crippen LogP contribution is -1.97. The number of aliphatic hydroxyl groups is 1. The number of aromatic nitrogens is 3. The van der Waals surface area contributed by atoms with Crippen molar-refractivity contribution >= 4 is 0 Å². The second-order valence-electron chi connectivity index (χ2n) is 3.18. The monoisotopic (exact) mass is 225 g/mol. The third-order valence-corrected chi connectivity index (χ3v) is 2.06. The third kappa shape index (κ3) is 2.06. The molecule has 0 aliphatic carbocycles. The maximum atomic E-state index is 12.3. The maximum Gasteiger partial charge on any atom is 0.299 e. The molecule has 0 amide bonds. The summed E-state index contributed by atoms with van der Waals surface area (Å²) in [6.45, 7) is -0.107. The van der Waals surface area contributed by atoms with Gasteiger partial charge in [0.05, 0.1) is 12.3 Å². The highest BCUT2D eigenvalue weighted by atomic mass is 19.3. The number of rotatable bonds is 3. The highest BCUT2D eigenvalue weighted by molar-refractivity contribution is 5.34. The summed E-state index contributed by atoms with van der Waals surface area (Å²) in [6.07, 6.45) is -1.46. The summed E-state index contributed by atoms with van der Waals surface area (Å²) in [6, 6.07) is 6.80. The highest BCUT2D eigenvalue weighted by Gasteiger charge is 2.12. The first-order valence-corrected chi connectivity index (χ1v) is 4.60. The van der Waals surface area contributed by atoms with Gasteiger partial charge in [-0.1, -0.05) is 12.1 Å². The van der Waals surface area contributed by atoms with E-state index in [-0.39, 0.29) is 6.61 Å². The molecule has 1 N–H and O–H groups in total. The molecule has 1 aromatic carbocycles. The van der Waals surface area contributed by atoms with E-state index in [2.05, 4.69) is 10.1 Å². The van der Waals surface area contributed by atoms with E-state index in [0.717, 1.165) is 0 Å². The molecule has 1 aromatic heterocycles. The Labute approximate surface area is 90.2 Å². The Morgan fingerprint density at radius 3 is 2.81 bits per heavy atom. The van der Waals surface area contributed by atoms with Gasteiger partial charge in [0.25, 0.3) is 6.43 Å². The summed E-state index contributed by atoms with van der Waals surface area (Å²) in [5.41, 5.74) is 1.28. The molecule has 0 saturated carbocycles. The van der Waals surface area contributed by atoms with E-state index in [1.165, 1.54) is 11.0 Å². The van der Waals surface area contributed by atoms with Crippen molar-refractivity contribution in [3.05, 3.63) is 42.0 Å². The Kier molecular flexibility index (Phi) is 2.91. The Hall–Kier alpha value is -1.82. The van der Waals surface area contributed by atoms with Crippen LogP contribution in [0.4, 0.5) is 8.78 Å². The van der Waals surface area contributed by atoms with Crippen LogP contribution in [0.15, 0.2) is 30.6 Å². The summed E-state index contributed by atoms with van der Waals surface area (Å²) < 4.78 is 25.8. The molecule has 0 radical (unpaired) electrons. The first-order chi connectivity index (χ1) is 7.70. The Morgan fingerprint density at radius 2 is 2.19 bits per heavy atom. The fourth-order valence-electron chi connectivity index (χ4n) is 1.30. The van der Waals surface area contributed by atoms with Crippen LogP contribution < -0.4 is 0 Å². The minimum absolute atomic E-state index is 0.107. The predicted molar refractivity (Wildman–Crippen MR) is 52.2 cm³/mol. The smallest absolute Gasteiger partial charge is 0.299 e. The number of nitrogens with zero attached hydrogens (tertiary/aromatic N) is 3. The zero-order chi connectivity index (χ0) is 11.5. The third-order valence-electron chi connectivity index (χ3n) is 2.06. The molecule has 0 bridgehead atoms. The molecule has 1 heterocycles. The van der Waals surface area contributed by atoms with E-state index in [4.69, 9.17) is 5.11 Å². The van der Waals surface area contributed by atoms with Gasteiger partial charge in [-0.3, -0.25) is 0 Å². The molecule has 0 fully saturated rings. The first-order valence-electron chi connectivity index (χ1n) is 4.60. The van der Waals surface area contributed by atoms with E-state index in [1.807, 2.05) is 0 Å². The number of hydrogen-bond acceptors (Lipinski definition) is 3. The molecular weight excluding hydrogens is 216 g/mol. The SMILES string of the molecule is OCc1cccc(-n2cnc(C(F)F)n2)c1. The van der Waals surface area contributed by atoms with Crippen LogP contribution in [0.1, 0.15) is 17.8 Å². The normalized spacial score (nSPS) is 11.0. The summed E-state index contributed by atoms with van der Waals surface area (Å²) in [7, 11) is 0. The van der Waals surface area contributed by atoms with Crippen LogP contribution in [0.25, 0.3) is 5.69 Å². The number of hydrogen-bond donors (Lipinski definition) is 1. The first kappa shape index (κ1) is 10.7. The Bertz CT molecular complexity index is 484. The van der Waals surface area contributed by atoms with E-state index in [1.54, 1.807) is 24.3 Å². The fraction of sp³-hybridized carbons (Fsp3) is 0.200. The molecule has 84 valence electrons. The van der Waals surface area contributed by atoms with Crippen molar-refractivity contribution in [2.45, 2.75) is 13.0 Å². The van der Waals surface area contributed by atoms with Gasteiger partial charge in [0.1, 0.15) is 6.33 Å². The van der Waals surface area contributed by atoms with Gasteiger partial charge in [-0.15, -0.1) is 5.10 Å². The number of alkyl halides is 2. The predicted octanol–water partition coefficient (Wildman–Crippen LogP) is 1.70. The Morgan fingerprint density at radius 1 is 1.38 bits per heavy atom. The molecule has 0 atom stereocenters. The maximum absolute atomic E-state index is 12.3. The van der Waals surface area contributed by atoms with Crippen LogP contribution in [-0.4, -0.2) is 19.9 Å². The lowest BCUT2D eigenvalue weighted by molar-refractivity contribution is 0.140. The average molecular weight is 225 g/mol. The molecule has 2 aromatic rings. The molecular formula is C10H9F2N3O. The minimum atomic E-state index is -2.68. The molecule has 2 rings (SSSR count). The van der Waals surface area contributed by atoms with Gasteiger partial charge in [0.15, 0.2) is 0 Å². The van der Waals surface area contributed by atoms with E-state index in [9.17, 15) is 8.78 Å². The van der Waals surface area contributed by atoms with Crippen LogP contribution in [0.3, 0.4) is 0 Å². The number of aliphatic hydroxyl groups excluding tert-OH is 1. The Balaban J connectivity index is 2.34. The van der Waals surface area contributed by atoms with Gasteiger partial charge in [0, 0.05) is 0 Å². The molecule has 4 nitrogen and oxygen atoms in total. The largest absolute Gasteiger partial charge is 0.392 e. The topological polar surface area (TPSA) is 50.9 Å². The van der Waals surface area contributed by atoms with Crippen LogP contribution in [0.5, 0.6) is 0 Å². The van der Waals surface area contributed by atoms with Crippen LogP contribution in [-0.2, 0) is 6.61 Å². The van der Waals surface area contributed by atoms with E-state index in [0.29, 0.717) is 11.3 Å². The summed E-state index contributed by atoms with van der Waals surface area (Å²) in [5, 5.41) is 12.6. The van der Waals surface area contributed by atoms with Gasteiger partial charge in [-0.05, 0) is 17.7 Å². The molecule has 0 saturated heterocycles. The second-order valence-corrected chi connectivity index (χ2v) is 3.18. The van der Waals surface area contributed by atoms with Crippen molar-refractivity contribution in [2.24, 2.45) is 0 Å². The average Bonchev–Trinajstić information content (AvgIpc) is 2.78. The van der Waals surface area contributed by atoms with E-state index < -0.39 is 12.2 Å². The molecule has 16 heavy (non-hydrogen) atoms. The van der Waals surface area contributed by atoms with Gasteiger partial charge in [0.2, 0.25) is 5.82 Å². The van der Waals surface area contributed by atoms with E-state index >= 15 is 0 Å². The van der Waals surface area contributed by atoms with Crippen molar-refractivity contribution in [3.8, 4) is 5.69 Å². The molecule has 0 aliphatic rings. The zero-order valence-electron chi connectivity index (χ0n) is 8.22. The molecule has 6 heteroatoms. The lowest BCUT2D eigenvalue weighted by atomic mass is 10.2. The van der Waals surface area contributed by atoms with Gasteiger partial charge in [-0.2, -0.15) is 0 Å². The lowest BCUT2D eigenvalue weighted by Gasteiger charge is -2.02. The number of halogens is 2. The zero-order valence-corrected chi connectivity index (χ0v) is 8.22. The van der Waals surface area contributed by atoms with Crippen molar-refractivity contribution in [1.29, 1.82) is 0 Å². The summed E-state index contributed by atoms with van der Waals surface area (Å²) in [4.78, 5) is 3.49. The molecule has 0 aliphatic heterocycles. The summed E-state index contributed by atoms with van der Waals surface area (Å²) >= 11 is 0. The second kappa shape index (κ2) is 4.36. The highest BCUT2D eigenvalue weighted by Crippen LogP contribution is 2.15. The van der Waals surface area contributed by atoms with Crippen molar-refractivity contribution in [3.63, 3.8) is 0 Å². The minimum Gasteiger partial charge on any atom is -0.392 e.